The summed E-state index contributed by atoms with van der Waals surface area (Å²) in [6.07, 6.45) is -0.0161. The zero-order valence-electron chi connectivity index (χ0n) is 7.76. The predicted octanol–water partition coefficient (Wildman–Crippen LogP) is 1.47. The van der Waals surface area contributed by atoms with Gasteiger partial charge in [0, 0.05) is 0 Å². The van der Waals surface area contributed by atoms with Crippen molar-refractivity contribution in [3.63, 3.8) is 0 Å². The van der Waals surface area contributed by atoms with Crippen molar-refractivity contribution in [2.75, 3.05) is 25.1 Å². The Morgan fingerprint density at radius 3 is 2.08 bits per heavy atom. The minimum absolute atomic E-state index is 0.0161. The predicted molar refractivity (Wildman–Crippen MR) is 51.4 cm³/mol. The lowest BCUT2D eigenvalue weighted by molar-refractivity contribution is 0.221. The van der Waals surface area contributed by atoms with Crippen LogP contribution in [-0.4, -0.2) is 33.9 Å². The molecule has 1 unspecified atom stereocenters. The molecule has 0 aliphatic rings. The van der Waals surface area contributed by atoms with E-state index in [-0.39, 0.29) is 25.1 Å². The molecule has 0 aromatic rings. The molecule has 5 nitrogen and oxygen atoms in total. The lowest BCUT2D eigenvalue weighted by Gasteiger charge is -2.15. The van der Waals surface area contributed by atoms with Crippen LogP contribution in [0.25, 0.3) is 0 Å². The molecule has 0 bridgehead atoms. The maximum atomic E-state index is 11.6. The van der Waals surface area contributed by atoms with Crippen molar-refractivity contribution < 1.29 is 22.4 Å². The van der Waals surface area contributed by atoms with Crippen LogP contribution < -0.4 is 0 Å². The Bertz CT molecular complexity index is 197. The Hall–Kier alpha value is 0.260. The second-order valence-electron chi connectivity index (χ2n) is 2.20. The first-order valence-electron chi connectivity index (χ1n) is 3.99. The average molecular weight is 230 g/mol. The molecule has 80 valence electrons. The minimum atomic E-state index is -3.13. The largest absolute Gasteiger partial charge is 0.331 e. The summed E-state index contributed by atoms with van der Waals surface area (Å²) in [5.74, 6) is -0.0860. The van der Waals surface area contributed by atoms with E-state index in [2.05, 4.69) is 0 Å². The fraction of sp³-hybridized carbons (Fsp3) is 1.00. The van der Waals surface area contributed by atoms with Crippen molar-refractivity contribution in [1.82, 2.24) is 0 Å². The average Bonchev–Trinajstić information content (AvgIpc) is 2.02. The maximum absolute atomic E-state index is 11.6. The lowest BCUT2D eigenvalue weighted by Crippen LogP contribution is -2.06. The highest BCUT2D eigenvalue weighted by atomic mass is 32.2. The molecule has 0 aliphatic carbocycles. The van der Waals surface area contributed by atoms with Gasteiger partial charge in [-0.15, -0.1) is 0 Å². The molecule has 0 amide bonds. The highest BCUT2D eigenvalue weighted by molar-refractivity contribution is 7.79. The zero-order valence-corrected chi connectivity index (χ0v) is 9.48. The topological polar surface area (TPSA) is 72.8 Å². The van der Waals surface area contributed by atoms with Crippen molar-refractivity contribution in [1.29, 1.82) is 0 Å². The molecule has 0 radical (unpaired) electrons. The van der Waals surface area contributed by atoms with Crippen LogP contribution in [0.3, 0.4) is 0 Å². The highest BCUT2D eigenvalue weighted by Crippen LogP contribution is 2.47. The molecule has 0 aromatic heterocycles. The molecule has 7 heteroatoms. The molecule has 0 saturated carbocycles. The summed E-state index contributed by atoms with van der Waals surface area (Å²) in [7, 11) is -3.13. The van der Waals surface area contributed by atoms with Crippen molar-refractivity contribution in [2.24, 2.45) is 0 Å². The monoisotopic (exact) mass is 230 g/mol. The highest BCUT2D eigenvalue weighted by Gasteiger charge is 2.23. The van der Waals surface area contributed by atoms with Gasteiger partial charge in [-0.05, 0) is 13.8 Å². The van der Waals surface area contributed by atoms with Crippen LogP contribution in [0.15, 0.2) is 0 Å². The number of rotatable bonds is 7. The second-order valence-corrected chi connectivity index (χ2v) is 5.43. The van der Waals surface area contributed by atoms with Crippen LogP contribution >= 0.6 is 7.60 Å². The second kappa shape index (κ2) is 6.68. The number of hydrogen-bond acceptors (Lipinski definition) is 4. The van der Waals surface area contributed by atoms with E-state index in [9.17, 15) is 8.77 Å². The van der Waals surface area contributed by atoms with Gasteiger partial charge in [-0.3, -0.25) is 4.57 Å². The first kappa shape index (κ1) is 13.3. The van der Waals surface area contributed by atoms with Gasteiger partial charge in [-0.25, -0.2) is 4.21 Å². The molecule has 0 rings (SSSR count). The molecule has 0 heterocycles. The Balaban J connectivity index is 4.07. The van der Waals surface area contributed by atoms with Crippen molar-refractivity contribution in [3.05, 3.63) is 0 Å². The van der Waals surface area contributed by atoms with Crippen molar-refractivity contribution in [3.8, 4) is 0 Å². The van der Waals surface area contributed by atoms with E-state index >= 15 is 0 Å². The molecule has 1 N–H and O–H groups in total. The van der Waals surface area contributed by atoms with Crippen LogP contribution in [0.4, 0.5) is 0 Å². The van der Waals surface area contributed by atoms with Gasteiger partial charge in [-0.1, -0.05) is 0 Å². The van der Waals surface area contributed by atoms with Gasteiger partial charge < -0.3 is 13.6 Å². The summed E-state index contributed by atoms with van der Waals surface area (Å²) in [4.78, 5) is 0. The number of hydrogen-bond donors (Lipinski definition) is 1. The molecule has 1 atom stereocenters. The Morgan fingerprint density at radius 2 is 1.77 bits per heavy atom. The standard InChI is InChI=1S/C6H15O5PS/c1-3-10-12(7,11-4-2)5-6-13(8)9/h3-6H2,1-2H3,(H,8,9). The van der Waals surface area contributed by atoms with E-state index in [1.807, 2.05) is 0 Å². The van der Waals surface area contributed by atoms with Gasteiger partial charge in [0.25, 0.3) is 0 Å². The molecular weight excluding hydrogens is 215 g/mol. The maximum Gasteiger partial charge on any atom is 0.331 e. The van der Waals surface area contributed by atoms with Gasteiger partial charge in [0.05, 0.1) is 25.1 Å². The molecule has 0 fully saturated rings. The van der Waals surface area contributed by atoms with E-state index < -0.39 is 18.7 Å². The van der Waals surface area contributed by atoms with E-state index in [0.717, 1.165) is 0 Å². The van der Waals surface area contributed by atoms with Gasteiger partial charge in [-0.2, -0.15) is 0 Å². The lowest BCUT2D eigenvalue weighted by atomic mass is 10.9. The first-order valence-corrected chi connectivity index (χ1v) is 7.00. The summed E-state index contributed by atoms with van der Waals surface area (Å²) < 4.78 is 40.3. The molecule has 0 spiro atoms. The fourth-order valence-electron chi connectivity index (χ4n) is 0.750. The Labute approximate surface area is 80.6 Å². The third-order valence-corrected chi connectivity index (χ3v) is 4.12. The Kier molecular flexibility index (Phi) is 6.81. The van der Waals surface area contributed by atoms with Crippen LogP contribution in [-0.2, 0) is 24.7 Å². The van der Waals surface area contributed by atoms with Crippen molar-refractivity contribution >= 4 is 18.7 Å². The molecule has 13 heavy (non-hydrogen) atoms. The summed E-state index contributed by atoms with van der Waals surface area (Å²) in [5, 5.41) is 0. The zero-order chi connectivity index (χ0) is 10.3. The quantitative estimate of drug-likeness (QED) is 0.529. The summed E-state index contributed by atoms with van der Waals surface area (Å²) in [6, 6.07) is 0. The third-order valence-electron chi connectivity index (χ3n) is 1.19. The van der Waals surface area contributed by atoms with E-state index in [1.165, 1.54) is 0 Å². The van der Waals surface area contributed by atoms with E-state index in [1.54, 1.807) is 13.8 Å². The SMILES string of the molecule is CCOP(=O)(CCS(=O)O)OCC. The van der Waals surface area contributed by atoms with Crippen molar-refractivity contribution in [2.45, 2.75) is 13.8 Å². The normalized spacial score (nSPS) is 14.4. The van der Waals surface area contributed by atoms with Crippen LogP contribution in [0, 0.1) is 0 Å². The van der Waals surface area contributed by atoms with E-state index in [4.69, 9.17) is 13.6 Å². The van der Waals surface area contributed by atoms with Crippen LogP contribution in [0.2, 0.25) is 0 Å². The minimum Gasteiger partial charge on any atom is -0.309 e. The van der Waals surface area contributed by atoms with Crippen LogP contribution in [0.5, 0.6) is 0 Å². The van der Waals surface area contributed by atoms with E-state index in [0.29, 0.717) is 0 Å². The van der Waals surface area contributed by atoms with Gasteiger partial charge >= 0.3 is 7.60 Å². The first-order chi connectivity index (χ1) is 6.04. The summed E-state index contributed by atoms with van der Waals surface area (Å²) >= 11 is -1.95. The fourth-order valence-corrected chi connectivity index (χ4v) is 3.39. The van der Waals surface area contributed by atoms with Crippen LogP contribution in [0.1, 0.15) is 13.8 Å². The summed E-state index contributed by atoms with van der Waals surface area (Å²) in [5.41, 5.74) is 0. The molecular formula is C6H15O5PS. The molecule has 0 saturated heterocycles. The Morgan fingerprint density at radius 1 is 1.31 bits per heavy atom. The summed E-state index contributed by atoms with van der Waals surface area (Å²) in [6.45, 7) is 3.94. The van der Waals surface area contributed by atoms with Gasteiger partial charge in [0.15, 0.2) is 11.1 Å². The van der Waals surface area contributed by atoms with Gasteiger partial charge in [0.1, 0.15) is 0 Å². The molecule has 0 aromatic carbocycles. The molecule has 0 aliphatic heterocycles. The third kappa shape index (κ3) is 6.35. The van der Waals surface area contributed by atoms with Gasteiger partial charge in [0.2, 0.25) is 0 Å². The smallest absolute Gasteiger partial charge is 0.309 e.